The average Bonchev–Trinajstić information content (AvgIpc) is 3.58. The lowest BCUT2D eigenvalue weighted by Crippen LogP contribution is -2.46. The molecule has 1 fully saturated rings. The fraction of sp³-hybridized carbons (Fsp3) is 0.360. The molecule has 0 spiro atoms. The predicted octanol–water partition coefficient (Wildman–Crippen LogP) is 5.11. The van der Waals surface area contributed by atoms with Gasteiger partial charge in [0.2, 0.25) is 0 Å². The highest BCUT2D eigenvalue weighted by Gasteiger charge is 2.25. The number of aromatic nitrogens is 3. The van der Waals surface area contributed by atoms with E-state index in [1.54, 1.807) is 22.9 Å². The molecule has 5 rings (SSSR count). The lowest BCUT2D eigenvalue weighted by Gasteiger charge is -2.34. The Morgan fingerprint density at radius 3 is 2.70 bits per heavy atom. The molecule has 0 unspecified atom stereocenters. The third-order valence-electron chi connectivity index (χ3n) is 6.42. The first-order valence-corrected chi connectivity index (χ1v) is 13.1. The van der Waals surface area contributed by atoms with Crippen LogP contribution in [-0.4, -0.2) is 62.2 Å². The van der Waals surface area contributed by atoms with E-state index in [1.165, 1.54) is 23.5 Å². The van der Waals surface area contributed by atoms with Crippen molar-refractivity contribution in [3.63, 3.8) is 0 Å². The van der Waals surface area contributed by atoms with E-state index in [2.05, 4.69) is 34.3 Å². The summed E-state index contributed by atoms with van der Waals surface area (Å²) in [7, 11) is 0. The van der Waals surface area contributed by atoms with E-state index in [0.717, 1.165) is 30.8 Å². The molecule has 1 aliphatic heterocycles. The number of ether oxygens (including phenoxy) is 1. The Labute approximate surface area is 221 Å². The van der Waals surface area contributed by atoms with Gasteiger partial charge in [0.15, 0.2) is 11.5 Å². The highest BCUT2D eigenvalue weighted by Crippen LogP contribution is 2.32. The second-order valence-corrected chi connectivity index (χ2v) is 10.9. The van der Waals surface area contributed by atoms with E-state index in [1.807, 2.05) is 6.07 Å². The lowest BCUT2D eigenvalue weighted by molar-refractivity contribution is 0.0896. The van der Waals surface area contributed by atoms with Crippen LogP contribution in [0.5, 0.6) is 5.75 Å². The molecular formula is C25H26ClN5O5S. The zero-order valence-electron chi connectivity index (χ0n) is 20.3. The molecule has 2 N–H and O–H groups in total. The number of amides is 1. The summed E-state index contributed by atoms with van der Waals surface area (Å²) < 4.78 is 12.6. The number of hydrogen-bond donors (Lipinski definition) is 2. The van der Waals surface area contributed by atoms with Gasteiger partial charge in [-0.15, -0.1) is 11.3 Å². The van der Waals surface area contributed by atoms with Gasteiger partial charge in [-0.25, -0.2) is 4.79 Å². The number of benzene rings is 1. The van der Waals surface area contributed by atoms with E-state index in [-0.39, 0.29) is 29.9 Å². The van der Waals surface area contributed by atoms with Crippen molar-refractivity contribution in [3.05, 3.63) is 52.1 Å². The fourth-order valence-corrected chi connectivity index (χ4v) is 5.52. The molecule has 1 aromatic carbocycles. The van der Waals surface area contributed by atoms with Crippen LogP contribution >= 0.6 is 22.9 Å². The minimum absolute atomic E-state index is 0.0388. The van der Waals surface area contributed by atoms with Gasteiger partial charge in [-0.3, -0.25) is 9.48 Å². The third-order valence-corrected chi connectivity index (χ3v) is 7.67. The van der Waals surface area contributed by atoms with Crippen molar-refractivity contribution in [3.8, 4) is 16.4 Å². The Balaban J connectivity index is 1.41. The largest absolute Gasteiger partial charge is 0.511 e. The number of piperidine rings is 1. The van der Waals surface area contributed by atoms with E-state index in [9.17, 15) is 9.59 Å². The van der Waals surface area contributed by atoms with Gasteiger partial charge < -0.3 is 24.6 Å². The van der Waals surface area contributed by atoms with Crippen molar-refractivity contribution >= 4 is 45.9 Å². The quantitative estimate of drug-likeness (QED) is 0.243. The normalized spacial score (nSPS) is 14.9. The summed E-state index contributed by atoms with van der Waals surface area (Å²) in [5.41, 5.74) is 1.45. The Morgan fingerprint density at radius 2 is 2.03 bits per heavy atom. The number of carbonyl (C=O) groups is 2. The minimum Gasteiger partial charge on any atom is -0.449 e. The first kappa shape index (κ1) is 25.2. The van der Waals surface area contributed by atoms with Crippen LogP contribution in [-0.2, 0) is 6.54 Å². The molecule has 0 aliphatic carbocycles. The van der Waals surface area contributed by atoms with Crippen molar-refractivity contribution in [2.45, 2.75) is 45.3 Å². The summed E-state index contributed by atoms with van der Waals surface area (Å²) in [5.74, 6) is 0.386. The molecule has 0 bridgehead atoms. The van der Waals surface area contributed by atoms with Crippen LogP contribution in [0.15, 0.2) is 40.9 Å². The van der Waals surface area contributed by atoms with Crippen LogP contribution in [0.25, 0.3) is 21.5 Å². The fourth-order valence-electron chi connectivity index (χ4n) is 4.53. The molecule has 4 aromatic rings. The summed E-state index contributed by atoms with van der Waals surface area (Å²) in [4.78, 5) is 27.6. The van der Waals surface area contributed by atoms with Crippen LogP contribution in [0, 0.1) is 0 Å². The number of rotatable bonds is 7. The van der Waals surface area contributed by atoms with Gasteiger partial charge in [0, 0.05) is 36.6 Å². The number of hydrogen-bond acceptors (Lipinski definition) is 8. The van der Waals surface area contributed by atoms with Crippen LogP contribution in [0.4, 0.5) is 4.79 Å². The van der Waals surface area contributed by atoms with Crippen molar-refractivity contribution in [1.82, 2.24) is 25.2 Å². The third kappa shape index (κ3) is 5.63. The zero-order valence-corrected chi connectivity index (χ0v) is 21.9. The predicted molar refractivity (Wildman–Crippen MR) is 140 cm³/mol. The lowest BCUT2D eigenvalue weighted by atomic mass is 10.0. The van der Waals surface area contributed by atoms with E-state index in [4.69, 9.17) is 26.0 Å². The number of nitrogens with one attached hydrogen (secondary N) is 1. The van der Waals surface area contributed by atoms with Gasteiger partial charge in [-0.2, -0.15) is 5.10 Å². The smallest absolute Gasteiger partial charge is 0.449 e. The standard InChI is InChI=1S/C25H26ClN5O5S/c1-14(2)30-9-7-15(8-10-30)27-24(32)23-18-12-17(35-25(33)34)3-4-19(18)31(28-23)13-16-11-20(36-29-16)21-5-6-22(26)37-21/h3-6,11-12,14-15H,7-10,13H2,1-2H3,(H,27,32)(H,33,34). The summed E-state index contributed by atoms with van der Waals surface area (Å²) >= 11 is 7.42. The molecule has 0 saturated carbocycles. The monoisotopic (exact) mass is 543 g/mol. The summed E-state index contributed by atoms with van der Waals surface area (Å²) in [6.45, 7) is 6.42. The number of halogens is 1. The maximum Gasteiger partial charge on any atom is 0.511 e. The highest BCUT2D eigenvalue weighted by atomic mass is 35.5. The maximum atomic E-state index is 13.3. The molecule has 4 heterocycles. The van der Waals surface area contributed by atoms with Crippen LogP contribution in [0.2, 0.25) is 4.34 Å². The number of fused-ring (bicyclic) bond motifs is 1. The van der Waals surface area contributed by atoms with Gasteiger partial charge in [-0.1, -0.05) is 16.8 Å². The minimum atomic E-state index is -1.43. The molecule has 12 heteroatoms. The Kier molecular flexibility index (Phi) is 7.18. The van der Waals surface area contributed by atoms with E-state index < -0.39 is 6.16 Å². The van der Waals surface area contributed by atoms with Crippen LogP contribution < -0.4 is 10.1 Å². The van der Waals surface area contributed by atoms with Crippen LogP contribution in [0.3, 0.4) is 0 Å². The second kappa shape index (κ2) is 10.5. The van der Waals surface area contributed by atoms with Gasteiger partial charge in [0.1, 0.15) is 11.4 Å². The van der Waals surface area contributed by atoms with E-state index in [0.29, 0.717) is 32.7 Å². The number of carboxylic acid groups (broad SMARTS) is 1. The molecule has 1 saturated heterocycles. The average molecular weight is 544 g/mol. The molecule has 37 heavy (non-hydrogen) atoms. The molecule has 1 amide bonds. The molecule has 0 atom stereocenters. The molecule has 10 nitrogen and oxygen atoms in total. The Bertz CT molecular complexity index is 1440. The first-order chi connectivity index (χ1) is 17.8. The zero-order chi connectivity index (χ0) is 26.1. The SMILES string of the molecule is CC(C)N1CCC(NC(=O)c2nn(Cc3cc(-c4ccc(Cl)s4)on3)c3ccc(OC(=O)O)cc23)CC1. The van der Waals surface area contributed by atoms with Crippen molar-refractivity contribution in [2.75, 3.05) is 13.1 Å². The van der Waals surface area contributed by atoms with Crippen LogP contribution in [0.1, 0.15) is 42.9 Å². The number of likely N-dealkylation sites (tertiary alicyclic amines) is 1. The molecule has 1 aliphatic rings. The highest BCUT2D eigenvalue weighted by molar-refractivity contribution is 7.19. The first-order valence-electron chi connectivity index (χ1n) is 11.9. The second-order valence-electron chi connectivity index (χ2n) is 9.22. The van der Waals surface area contributed by atoms with Gasteiger partial charge in [0.25, 0.3) is 5.91 Å². The number of thiophene rings is 1. The molecule has 194 valence electrons. The van der Waals surface area contributed by atoms with Crippen molar-refractivity contribution < 1.29 is 24.0 Å². The summed E-state index contributed by atoms with van der Waals surface area (Å²) in [5, 5.41) is 21.4. The van der Waals surface area contributed by atoms with E-state index >= 15 is 0 Å². The molecule has 0 radical (unpaired) electrons. The molecular weight excluding hydrogens is 518 g/mol. The van der Waals surface area contributed by atoms with Gasteiger partial charge >= 0.3 is 6.16 Å². The van der Waals surface area contributed by atoms with Crippen molar-refractivity contribution in [1.29, 1.82) is 0 Å². The summed E-state index contributed by atoms with van der Waals surface area (Å²) in [6.07, 6.45) is 0.271. The maximum absolute atomic E-state index is 13.3. The van der Waals surface area contributed by atoms with Gasteiger partial charge in [0.05, 0.1) is 21.3 Å². The topological polar surface area (TPSA) is 123 Å². The van der Waals surface area contributed by atoms with Crippen molar-refractivity contribution in [2.24, 2.45) is 0 Å². The van der Waals surface area contributed by atoms with Gasteiger partial charge in [-0.05, 0) is 57.0 Å². The molecule has 3 aromatic heterocycles. The Hall–Kier alpha value is -3.41. The number of carbonyl (C=O) groups excluding carboxylic acids is 1. The Morgan fingerprint density at radius 1 is 1.24 bits per heavy atom. The number of nitrogens with zero attached hydrogens (tertiary/aromatic N) is 4. The summed E-state index contributed by atoms with van der Waals surface area (Å²) in [6, 6.07) is 10.7.